The number of nitrogens with one attached hydrogen (secondary N) is 1. The molecule has 0 aliphatic heterocycles. The van der Waals surface area contributed by atoms with E-state index in [1.54, 1.807) is 30.8 Å². The number of hydrogen-bond donors (Lipinski definition) is 2. The third-order valence-corrected chi connectivity index (χ3v) is 3.67. The molecule has 104 valence electrons. The average Bonchev–Trinajstić information content (AvgIpc) is 2.36. The summed E-state index contributed by atoms with van der Waals surface area (Å²) in [5.74, 6) is 0.293. The van der Waals surface area contributed by atoms with Crippen LogP contribution in [0.3, 0.4) is 0 Å². The Bertz CT molecular complexity index is 460. The van der Waals surface area contributed by atoms with Crippen LogP contribution >= 0.6 is 11.8 Å². The van der Waals surface area contributed by atoms with E-state index in [2.05, 4.69) is 12.2 Å². The fourth-order valence-corrected chi connectivity index (χ4v) is 2.43. The summed E-state index contributed by atoms with van der Waals surface area (Å²) in [6, 6.07) is 4.91. The number of carbonyl (C=O) groups excluding carboxylic acids is 1. The zero-order valence-corrected chi connectivity index (χ0v) is 12.0. The Morgan fingerprint density at radius 3 is 2.74 bits per heavy atom. The molecule has 0 spiro atoms. The van der Waals surface area contributed by atoms with Gasteiger partial charge in [0.05, 0.1) is 11.3 Å². The SMILES string of the molecule is CCCCSCC(=O)Nc1ccc(C)c(C(=O)O)c1. The van der Waals surface area contributed by atoms with Gasteiger partial charge in [0, 0.05) is 5.69 Å². The van der Waals surface area contributed by atoms with Gasteiger partial charge in [0.2, 0.25) is 5.91 Å². The number of amides is 1. The zero-order chi connectivity index (χ0) is 14.3. The molecule has 0 aromatic heterocycles. The lowest BCUT2D eigenvalue weighted by Gasteiger charge is -2.07. The van der Waals surface area contributed by atoms with Crippen molar-refractivity contribution in [1.82, 2.24) is 0 Å². The molecular formula is C14H19NO3S. The first-order valence-electron chi connectivity index (χ1n) is 6.26. The van der Waals surface area contributed by atoms with Crippen LogP contribution in [0.15, 0.2) is 18.2 Å². The Morgan fingerprint density at radius 1 is 1.37 bits per heavy atom. The number of thioether (sulfide) groups is 1. The Kier molecular flexibility index (Phi) is 6.42. The zero-order valence-electron chi connectivity index (χ0n) is 11.2. The number of hydrogen-bond acceptors (Lipinski definition) is 3. The normalized spacial score (nSPS) is 10.2. The van der Waals surface area contributed by atoms with Gasteiger partial charge in [-0.15, -0.1) is 0 Å². The summed E-state index contributed by atoms with van der Waals surface area (Å²) in [7, 11) is 0. The second-order valence-electron chi connectivity index (χ2n) is 4.29. The van der Waals surface area contributed by atoms with Gasteiger partial charge in [0.1, 0.15) is 0 Å². The molecule has 2 N–H and O–H groups in total. The lowest BCUT2D eigenvalue weighted by atomic mass is 10.1. The van der Waals surface area contributed by atoms with E-state index in [9.17, 15) is 9.59 Å². The fourth-order valence-electron chi connectivity index (χ4n) is 1.54. The number of carboxylic acids is 1. The molecule has 1 amide bonds. The molecule has 0 atom stereocenters. The number of unbranched alkanes of at least 4 members (excludes halogenated alkanes) is 1. The van der Waals surface area contributed by atoms with E-state index in [4.69, 9.17) is 5.11 Å². The van der Waals surface area contributed by atoms with Crippen molar-refractivity contribution >= 4 is 29.3 Å². The third-order valence-electron chi connectivity index (χ3n) is 2.63. The number of anilines is 1. The Hall–Kier alpha value is -1.49. The molecule has 0 unspecified atom stereocenters. The van der Waals surface area contributed by atoms with Gasteiger partial charge in [-0.2, -0.15) is 11.8 Å². The first-order valence-corrected chi connectivity index (χ1v) is 7.41. The number of aryl methyl sites for hydroxylation is 1. The van der Waals surface area contributed by atoms with Gasteiger partial charge in [-0.25, -0.2) is 4.79 Å². The van der Waals surface area contributed by atoms with Gasteiger partial charge in [-0.05, 0) is 36.8 Å². The maximum absolute atomic E-state index is 11.7. The van der Waals surface area contributed by atoms with Crippen molar-refractivity contribution in [3.8, 4) is 0 Å². The van der Waals surface area contributed by atoms with Gasteiger partial charge < -0.3 is 10.4 Å². The van der Waals surface area contributed by atoms with Crippen LogP contribution in [-0.2, 0) is 4.79 Å². The Balaban J connectivity index is 2.55. The van der Waals surface area contributed by atoms with Gasteiger partial charge >= 0.3 is 5.97 Å². The number of carbonyl (C=O) groups is 2. The summed E-state index contributed by atoms with van der Waals surface area (Å²) in [5, 5.41) is 11.7. The van der Waals surface area contributed by atoms with Crippen molar-refractivity contribution in [2.24, 2.45) is 0 Å². The van der Waals surface area contributed by atoms with Gasteiger partial charge in [-0.3, -0.25) is 4.79 Å². The van der Waals surface area contributed by atoms with Crippen molar-refractivity contribution in [1.29, 1.82) is 0 Å². The van der Waals surface area contributed by atoms with Gasteiger partial charge in [0.25, 0.3) is 0 Å². The van der Waals surface area contributed by atoms with Crippen LogP contribution in [0.4, 0.5) is 5.69 Å². The maximum Gasteiger partial charge on any atom is 0.336 e. The molecule has 1 aromatic rings. The molecule has 0 aliphatic rings. The van der Waals surface area contributed by atoms with E-state index < -0.39 is 5.97 Å². The molecule has 4 nitrogen and oxygen atoms in total. The molecule has 0 radical (unpaired) electrons. The van der Waals surface area contributed by atoms with Crippen molar-refractivity contribution in [3.63, 3.8) is 0 Å². The van der Waals surface area contributed by atoms with Crippen LogP contribution in [0.1, 0.15) is 35.7 Å². The second kappa shape index (κ2) is 7.84. The van der Waals surface area contributed by atoms with Crippen molar-refractivity contribution < 1.29 is 14.7 Å². The number of carboxylic acid groups (broad SMARTS) is 1. The molecule has 19 heavy (non-hydrogen) atoms. The topological polar surface area (TPSA) is 66.4 Å². The summed E-state index contributed by atoms with van der Waals surface area (Å²) in [6.45, 7) is 3.84. The van der Waals surface area contributed by atoms with E-state index in [-0.39, 0.29) is 11.5 Å². The highest BCUT2D eigenvalue weighted by atomic mass is 32.2. The number of aromatic carboxylic acids is 1. The molecule has 1 rings (SSSR count). The largest absolute Gasteiger partial charge is 0.478 e. The standard InChI is InChI=1S/C14H19NO3S/c1-3-4-7-19-9-13(16)15-11-6-5-10(2)12(8-11)14(17)18/h5-6,8H,3-4,7,9H2,1-2H3,(H,15,16)(H,17,18). The van der Waals surface area contributed by atoms with Crippen LogP contribution in [0.25, 0.3) is 0 Å². The van der Waals surface area contributed by atoms with Crippen molar-refractivity contribution in [2.45, 2.75) is 26.7 Å². The quantitative estimate of drug-likeness (QED) is 0.753. The van der Waals surface area contributed by atoms with Gasteiger partial charge in [0.15, 0.2) is 0 Å². The van der Waals surface area contributed by atoms with E-state index >= 15 is 0 Å². The monoisotopic (exact) mass is 281 g/mol. The highest BCUT2D eigenvalue weighted by molar-refractivity contribution is 7.99. The summed E-state index contributed by atoms with van der Waals surface area (Å²) >= 11 is 1.59. The van der Waals surface area contributed by atoms with E-state index in [0.717, 1.165) is 18.6 Å². The molecule has 0 aliphatic carbocycles. The highest BCUT2D eigenvalue weighted by Crippen LogP contribution is 2.16. The maximum atomic E-state index is 11.7. The average molecular weight is 281 g/mol. The predicted octanol–water partition coefficient (Wildman–Crippen LogP) is 3.17. The van der Waals surface area contributed by atoms with Crippen LogP contribution in [0.2, 0.25) is 0 Å². The minimum atomic E-state index is -0.981. The first kappa shape index (κ1) is 15.6. The molecule has 0 saturated heterocycles. The summed E-state index contributed by atoms with van der Waals surface area (Å²) in [6.07, 6.45) is 2.22. The Morgan fingerprint density at radius 2 is 2.11 bits per heavy atom. The van der Waals surface area contributed by atoms with Gasteiger partial charge in [-0.1, -0.05) is 19.4 Å². The van der Waals surface area contributed by atoms with Crippen LogP contribution in [-0.4, -0.2) is 28.5 Å². The number of rotatable bonds is 7. The number of benzene rings is 1. The van der Waals surface area contributed by atoms with Crippen LogP contribution in [0, 0.1) is 6.92 Å². The predicted molar refractivity (Wildman–Crippen MR) is 79.0 cm³/mol. The highest BCUT2D eigenvalue weighted by Gasteiger charge is 2.09. The molecule has 0 bridgehead atoms. The lowest BCUT2D eigenvalue weighted by molar-refractivity contribution is -0.113. The summed E-state index contributed by atoms with van der Waals surface area (Å²) in [4.78, 5) is 22.6. The molecular weight excluding hydrogens is 262 g/mol. The van der Waals surface area contributed by atoms with Crippen LogP contribution in [0.5, 0.6) is 0 Å². The van der Waals surface area contributed by atoms with Crippen molar-refractivity contribution in [2.75, 3.05) is 16.8 Å². The summed E-state index contributed by atoms with van der Waals surface area (Å²) < 4.78 is 0. The molecule has 0 heterocycles. The Labute approximate surface area is 117 Å². The molecule has 0 saturated carbocycles. The van der Waals surface area contributed by atoms with E-state index in [0.29, 0.717) is 17.0 Å². The minimum Gasteiger partial charge on any atom is -0.478 e. The van der Waals surface area contributed by atoms with E-state index in [1.165, 1.54) is 6.07 Å². The third kappa shape index (κ3) is 5.34. The van der Waals surface area contributed by atoms with E-state index in [1.807, 2.05) is 0 Å². The smallest absolute Gasteiger partial charge is 0.336 e. The van der Waals surface area contributed by atoms with Crippen molar-refractivity contribution in [3.05, 3.63) is 29.3 Å². The fraction of sp³-hybridized carbons (Fsp3) is 0.429. The summed E-state index contributed by atoms with van der Waals surface area (Å²) in [5.41, 5.74) is 1.43. The van der Waals surface area contributed by atoms with Crippen LogP contribution < -0.4 is 5.32 Å². The molecule has 0 fully saturated rings. The second-order valence-corrected chi connectivity index (χ2v) is 5.39. The minimum absolute atomic E-state index is 0.0960. The first-order chi connectivity index (χ1) is 9.04. The lowest BCUT2D eigenvalue weighted by Crippen LogP contribution is -2.15. The molecule has 1 aromatic carbocycles. The molecule has 5 heteroatoms.